The minimum Gasteiger partial charge on any atom is -0.309 e. The van der Waals surface area contributed by atoms with Crippen molar-refractivity contribution in [2.45, 2.75) is 26.2 Å². The summed E-state index contributed by atoms with van der Waals surface area (Å²) >= 11 is 0. The summed E-state index contributed by atoms with van der Waals surface area (Å²) in [6.07, 6.45) is 0. The van der Waals surface area contributed by atoms with Gasteiger partial charge in [-0.25, -0.2) is 4.99 Å². The molecule has 0 saturated carbocycles. The molecule has 2 aromatic heterocycles. The van der Waals surface area contributed by atoms with Crippen LogP contribution < -0.4 is 0 Å². The summed E-state index contributed by atoms with van der Waals surface area (Å²) in [5.41, 5.74) is 23.8. The van der Waals surface area contributed by atoms with E-state index in [1.165, 1.54) is 55.3 Å². The zero-order chi connectivity index (χ0) is 56.5. The molecule has 5 heteroatoms. The molecule has 1 aliphatic carbocycles. The van der Waals surface area contributed by atoms with Crippen molar-refractivity contribution in [3.63, 3.8) is 0 Å². The largest absolute Gasteiger partial charge is 0.309 e. The Balaban J connectivity index is 0.935. The first kappa shape index (κ1) is 50.2. The molecule has 1 aliphatic rings. The average Bonchev–Trinajstić information content (AvgIpc) is 1.97. The van der Waals surface area contributed by atoms with Crippen LogP contribution >= 0.6 is 0 Å². The van der Waals surface area contributed by atoms with Crippen LogP contribution in [-0.4, -0.2) is 26.6 Å². The molecule has 0 amide bonds. The number of hydrogen-bond donors (Lipinski definition) is 1. The number of aromatic nitrogens is 2. The van der Waals surface area contributed by atoms with Crippen molar-refractivity contribution in [2.75, 3.05) is 0 Å². The normalized spacial score (nSPS) is 13.0. The van der Waals surface area contributed by atoms with Crippen LogP contribution in [0, 0.1) is 5.41 Å². The van der Waals surface area contributed by atoms with Gasteiger partial charge in [0.15, 0.2) is 5.84 Å². The summed E-state index contributed by atoms with van der Waals surface area (Å²) in [6, 6.07) is 102. The van der Waals surface area contributed by atoms with Crippen LogP contribution in [0.2, 0.25) is 0 Å². The number of hydrogen-bond acceptors (Lipinski definition) is 1. The van der Waals surface area contributed by atoms with Gasteiger partial charge >= 0.3 is 0 Å². The highest BCUT2D eigenvalue weighted by atomic mass is 15.2. The van der Waals surface area contributed by atoms with Gasteiger partial charge in [-0.2, -0.15) is 4.99 Å². The molecule has 0 bridgehead atoms. The fourth-order valence-corrected chi connectivity index (χ4v) is 12.9. The molecule has 0 unspecified atom stereocenters. The van der Waals surface area contributed by atoms with E-state index in [9.17, 15) is 5.41 Å². The molecule has 0 fully saturated rings. The van der Waals surface area contributed by atoms with Crippen molar-refractivity contribution in [1.82, 2.24) is 9.13 Å². The van der Waals surface area contributed by atoms with Gasteiger partial charge in [-0.05, 0) is 163 Å². The van der Waals surface area contributed by atoms with E-state index in [2.05, 4.69) is 279 Å². The van der Waals surface area contributed by atoms with Crippen LogP contribution in [0.4, 0.5) is 0 Å². The quantitative estimate of drug-likeness (QED) is 0.116. The lowest BCUT2D eigenvalue weighted by Gasteiger charge is -2.21. The third-order valence-electron chi connectivity index (χ3n) is 17.2. The Hall–Kier alpha value is -10.8. The minimum absolute atomic E-state index is 0.119. The molecule has 15 rings (SSSR count). The summed E-state index contributed by atoms with van der Waals surface area (Å²) in [5, 5.41) is 14.4. The Morgan fingerprint density at radius 1 is 0.333 bits per heavy atom. The standard InChI is InChI=1S/C79H57N5/c1-51(56-30-20-31-57(42-56)52-22-8-4-9-23-52)81-78(82-77(80)61-33-21-32-58(43-61)53-24-10-5-11-25-53)84-75-41-39-60(48-69(75)70-49-67-65-34-16-18-36-71(65)79(2,3)72(67)50-76(70)84)59-38-40-74-68(47-59)66-35-17-19-37-73(66)83(74)64-45-62(54-26-12-6-13-27-54)44-63(46-64)55-28-14-7-15-29-55/h4-50,80H,1-3H3/b80-77?,81-51+,82-78+. The lowest BCUT2D eigenvalue weighted by atomic mass is 9.82. The van der Waals surface area contributed by atoms with E-state index in [1.54, 1.807) is 0 Å². The zero-order valence-electron chi connectivity index (χ0n) is 46.9. The molecule has 0 spiro atoms. The van der Waals surface area contributed by atoms with E-state index in [1.807, 2.05) is 36.4 Å². The van der Waals surface area contributed by atoms with Gasteiger partial charge in [0.25, 0.3) is 0 Å². The third-order valence-corrected chi connectivity index (χ3v) is 17.2. The summed E-state index contributed by atoms with van der Waals surface area (Å²) in [6.45, 7) is 6.71. The summed E-state index contributed by atoms with van der Waals surface area (Å²) in [5.74, 6) is 0.531. The molecule has 0 radical (unpaired) electrons. The SMILES string of the molecule is C/C(=N\C(=N/C(=N)c1cccc(-c2ccccc2)c1)n1c2ccc(-c3ccc4c(c3)c3ccccc3n4-c3cc(-c4ccccc4)cc(-c4ccccc4)c3)cc2c2cc3c(cc21)C(C)(C)c1ccccc1-3)c1cccc(-c2ccccc2)c1. The van der Waals surface area contributed by atoms with E-state index in [4.69, 9.17) is 9.98 Å². The number of fused-ring (bicyclic) bond motifs is 9. The highest BCUT2D eigenvalue weighted by Gasteiger charge is 2.36. The molecule has 12 aromatic carbocycles. The van der Waals surface area contributed by atoms with E-state index in [-0.39, 0.29) is 11.3 Å². The van der Waals surface area contributed by atoms with Crippen molar-refractivity contribution in [3.05, 3.63) is 307 Å². The van der Waals surface area contributed by atoms with Crippen LogP contribution in [0.3, 0.4) is 0 Å². The van der Waals surface area contributed by atoms with E-state index in [0.29, 0.717) is 11.5 Å². The molecule has 0 saturated heterocycles. The minimum atomic E-state index is -0.272. The first-order chi connectivity index (χ1) is 41.2. The van der Waals surface area contributed by atoms with Gasteiger partial charge in [0.2, 0.25) is 5.96 Å². The second kappa shape index (κ2) is 20.4. The predicted molar refractivity (Wildman–Crippen MR) is 353 cm³/mol. The highest BCUT2D eigenvalue weighted by molar-refractivity contribution is 6.21. The van der Waals surface area contributed by atoms with Gasteiger partial charge < -0.3 is 4.57 Å². The number of para-hydroxylation sites is 1. The van der Waals surface area contributed by atoms with Crippen LogP contribution in [-0.2, 0) is 5.41 Å². The molecule has 5 nitrogen and oxygen atoms in total. The lowest BCUT2D eigenvalue weighted by molar-refractivity contribution is 0.661. The van der Waals surface area contributed by atoms with Crippen molar-refractivity contribution in [1.29, 1.82) is 5.41 Å². The van der Waals surface area contributed by atoms with Gasteiger partial charge in [0, 0.05) is 43.9 Å². The maximum absolute atomic E-state index is 9.86. The van der Waals surface area contributed by atoms with Crippen LogP contribution in [0.1, 0.15) is 43.0 Å². The zero-order valence-corrected chi connectivity index (χ0v) is 46.9. The van der Waals surface area contributed by atoms with Crippen molar-refractivity contribution >= 4 is 61.1 Å². The van der Waals surface area contributed by atoms with E-state index in [0.717, 1.165) is 83.2 Å². The molecule has 2 heterocycles. The van der Waals surface area contributed by atoms with Gasteiger partial charge in [-0.15, -0.1) is 0 Å². The second-order valence-corrected chi connectivity index (χ2v) is 22.6. The van der Waals surface area contributed by atoms with Crippen molar-refractivity contribution in [2.24, 2.45) is 9.98 Å². The maximum Gasteiger partial charge on any atom is 0.236 e. The van der Waals surface area contributed by atoms with Crippen LogP contribution in [0.5, 0.6) is 0 Å². The Morgan fingerprint density at radius 3 is 1.44 bits per heavy atom. The molecule has 398 valence electrons. The number of aliphatic imine (C=N–C) groups is 2. The van der Waals surface area contributed by atoms with Crippen molar-refractivity contribution < 1.29 is 0 Å². The molecule has 14 aromatic rings. The van der Waals surface area contributed by atoms with Crippen LogP contribution in [0.15, 0.2) is 295 Å². The highest BCUT2D eigenvalue weighted by Crippen LogP contribution is 2.51. The average molecular weight is 1080 g/mol. The van der Waals surface area contributed by atoms with Crippen LogP contribution in [0.25, 0.3) is 116 Å². The predicted octanol–water partition coefficient (Wildman–Crippen LogP) is 20.3. The second-order valence-electron chi connectivity index (χ2n) is 22.6. The number of nitrogens with one attached hydrogen (secondary N) is 1. The molecule has 0 aliphatic heterocycles. The molecular weight excluding hydrogens is 1020 g/mol. The lowest BCUT2D eigenvalue weighted by Crippen LogP contribution is -2.17. The Morgan fingerprint density at radius 2 is 0.810 bits per heavy atom. The number of benzene rings is 12. The Bertz CT molecular complexity index is 4930. The van der Waals surface area contributed by atoms with Gasteiger partial charge in [0.1, 0.15) is 0 Å². The monoisotopic (exact) mass is 1080 g/mol. The summed E-state index contributed by atoms with van der Waals surface area (Å²) < 4.78 is 4.64. The summed E-state index contributed by atoms with van der Waals surface area (Å²) in [7, 11) is 0. The van der Waals surface area contributed by atoms with Gasteiger partial charge in [0.05, 0.1) is 22.1 Å². The molecule has 0 atom stereocenters. The first-order valence-electron chi connectivity index (χ1n) is 28.8. The number of amidine groups is 1. The molecule has 1 N–H and O–H groups in total. The fourth-order valence-electron chi connectivity index (χ4n) is 12.9. The maximum atomic E-state index is 9.86. The number of nitrogens with zero attached hydrogens (tertiary/aromatic N) is 4. The Kier molecular flexibility index (Phi) is 12.2. The molecule has 84 heavy (non-hydrogen) atoms. The molecular formula is C79H57N5. The van der Waals surface area contributed by atoms with E-state index < -0.39 is 0 Å². The fraction of sp³-hybridized carbons (Fsp3) is 0.0506. The van der Waals surface area contributed by atoms with E-state index >= 15 is 0 Å². The smallest absolute Gasteiger partial charge is 0.236 e. The topological polar surface area (TPSA) is 58.4 Å². The Labute approximate surface area is 489 Å². The summed E-state index contributed by atoms with van der Waals surface area (Å²) in [4.78, 5) is 10.9. The first-order valence-corrected chi connectivity index (χ1v) is 28.8. The van der Waals surface area contributed by atoms with Gasteiger partial charge in [-0.3, -0.25) is 9.98 Å². The third kappa shape index (κ3) is 8.68. The van der Waals surface area contributed by atoms with Gasteiger partial charge in [-0.1, -0.05) is 226 Å². The number of rotatable bonds is 8. The van der Waals surface area contributed by atoms with Crippen molar-refractivity contribution in [3.8, 4) is 72.4 Å².